The molecule has 0 radical (unpaired) electrons. The number of nitrogens with two attached hydrogens (primary N) is 3. The third-order valence-corrected chi connectivity index (χ3v) is 4.03. The van der Waals surface area contributed by atoms with E-state index < -0.39 is 11.7 Å². The smallest absolute Gasteiger partial charge is 0.269 e. The summed E-state index contributed by atoms with van der Waals surface area (Å²) >= 11 is 0. The van der Waals surface area contributed by atoms with E-state index in [0.717, 1.165) is 0 Å². The van der Waals surface area contributed by atoms with Gasteiger partial charge in [0.05, 0.1) is 25.6 Å². The van der Waals surface area contributed by atoms with Gasteiger partial charge in [0.25, 0.3) is 5.91 Å². The molecule has 0 heterocycles. The van der Waals surface area contributed by atoms with E-state index in [1.165, 1.54) is 26.4 Å². The molecule has 27 heavy (non-hydrogen) atoms. The van der Waals surface area contributed by atoms with Gasteiger partial charge in [-0.2, -0.15) is 0 Å². The summed E-state index contributed by atoms with van der Waals surface area (Å²) in [5, 5.41) is 2.55. The van der Waals surface area contributed by atoms with Crippen molar-refractivity contribution in [3.63, 3.8) is 0 Å². The normalized spacial score (nSPS) is 11.6. The molecule has 0 aromatic heterocycles. The Labute approximate surface area is 156 Å². The number of nitrogens with one attached hydrogen (secondary N) is 1. The van der Waals surface area contributed by atoms with Gasteiger partial charge in [-0.05, 0) is 37.3 Å². The van der Waals surface area contributed by atoms with Gasteiger partial charge >= 0.3 is 0 Å². The van der Waals surface area contributed by atoms with Crippen molar-refractivity contribution in [3.05, 3.63) is 47.4 Å². The predicted molar refractivity (Wildman–Crippen MR) is 103 cm³/mol. The van der Waals surface area contributed by atoms with Gasteiger partial charge in [0.1, 0.15) is 23.0 Å². The second kappa shape index (κ2) is 8.31. The first-order chi connectivity index (χ1) is 12.8. The molecular weight excluding hydrogens is 351 g/mol. The number of likely N-dealkylation sites (N-methyl/N-ethyl adjacent to an activating group) is 1. The van der Waals surface area contributed by atoms with E-state index in [0.29, 0.717) is 23.6 Å². The first-order valence-electron chi connectivity index (χ1n) is 8.19. The minimum absolute atomic E-state index is 0.0336. The number of anilines is 1. The number of nitrogen functional groups attached to an aromatic ring is 1. The first-order valence-corrected chi connectivity index (χ1v) is 8.19. The van der Waals surface area contributed by atoms with Gasteiger partial charge in [0, 0.05) is 23.2 Å². The van der Waals surface area contributed by atoms with Crippen molar-refractivity contribution >= 4 is 17.3 Å². The zero-order chi connectivity index (χ0) is 20.1. The van der Waals surface area contributed by atoms with Crippen LogP contribution in [0.25, 0.3) is 16.8 Å². The molecule has 0 fully saturated rings. The number of ether oxygens (including phenoxy) is 2. The van der Waals surface area contributed by atoms with Crippen LogP contribution in [-0.2, 0) is 4.79 Å². The van der Waals surface area contributed by atoms with Gasteiger partial charge in [-0.3, -0.25) is 4.79 Å². The van der Waals surface area contributed by atoms with Crippen molar-refractivity contribution in [1.82, 2.24) is 5.32 Å². The summed E-state index contributed by atoms with van der Waals surface area (Å²) in [6, 6.07) is 7.51. The lowest BCUT2D eigenvalue weighted by Crippen LogP contribution is -2.30. The summed E-state index contributed by atoms with van der Waals surface area (Å²) in [4.78, 5) is 11.9. The van der Waals surface area contributed by atoms with Gasteiger partial charge in [0.15, 0.2) is 0 Å². The summed E-state index contributed by atoms with van der Waals surface area (Å²) < 4.78 is 25.2. The number of carbonyl (C=O) groups excluding carboxylic acids is 1. The van der Waals surface area contributed by atoms with Crippen LogP contribution in [0.1, 0.15) is 12.5 Å². The van der Waals surface area contributed by atoms with Crippen molar-refractivity contribution in [2.45, 2.75) is 6.92 Å². The highest BCUT2D eigenvalue weighted by molar-refractivity contribution is 6.02. The molecule has 7 N–H and O–H groups in total. The minimum atomic E-state index is -0.577. The fourth-order valence-corrected chi connectivity index (χ4v) is 2.63. The Morgan fingerprint density at radius 3 is 2.44 bits per heavy atom. The van der Waals surface area contributed by atoms with Crippen LogP contribution in [0.5, 0.6) is 11.5 Å². The Morgan fingerprint density at radius 1 is 1.15 bits per heavy atom. The van der Waals surface area contributed by atoms with Gasteiger partial charge in [-0.15, -0.1) is 0 Å². The Bertz CT molecular complexity index is 897. The standard InChI is InChI=1S/C19H23FN4O3/c1-4-24-19(25)18(23)17(22)11-6-7-13(20)15(16(11)21)12-9-10(26-2)5-8-14(12)27-3/h5-9H,4,21-23H2,1-3H3,(H,24,25)/b18-17+. The number of halogens is 1. The SMILES string of the molecule is CCNC(=O)/C(N)=C(\N)c1ccc(F)c(-c2cc(OC)ccc2OC)c1N. The van der Waals surface area contributed by atoms with E-state index in [-0.39, 0.29) is 28.2 Å². The fraction of sp³-hybridized carbons (Fsp3) is 0.211. The van der Waals surface area contributed by atoms with Crippen molar-refractivity contribution in [3.8, 4) is 22.6 Å². The van der Waals surface area contributed by atoms with Crippen LogP contribution in [0.4, 0.5) is 10.1 Å². The first kappa shape index (κ1) is 19.9. The van der Waals surface area contributed by atoms with E-state index in [2.05, 4.69) is 5.32 Å². The Balaban J connectivity index is 2.70. The van der Waals surface area contributed by atoms with Gasteiger partial charge in [-0.1, -0.05) is 0 Å². The number of methoxy groups -OCH3 is 2. The molecule has 144 valence electrons. The van der Waals surface area contributed by atoms with E-state index in [1.807, 2.05) is 0 Å². The van der Waals surface area contributed by atoms with Gasteiger partial charge in [0.2, 0.25) is 0 Å². The molecular formula is C19H23FN4O3. The van der Waals surface area contributed by atoms with E-state index in [1.54, 1.807) is 25.1 Å². The third-order valence-electron chi connectivity index (χ3n) is 4.03. The minimum Gasteiger partial charge on any atom is -0.497 e. The second-order valence-electron chi connectivity index (χ2n) is 5.64. The largest absolute Gasteiger partial charge is 0.497 e. The number of hydrogen-bond acceptors (Lipinski definition) is 6. The molecule has 0 aliphatic carbocycles. The van der Waals surface area contributed by atoms with Crippen LogP contribution in [0.2, 0.25) is 0 Å². The van der Waals surface area contributed by atoms with E-state index >= 15 is 0 Å². The maximum absolute atomic E-state index is 14.7. The van der Waals surface area contributed by atoms with Crippen molar-refractivity contribution < 1.29 is 18.7 Å². The summed E-state index contributed by atoms with van der Waals surface area (Å²) in [6.45, 7) is 2.14. The molecule has 8 heteroatoms. The second-order valence-corrected chi connectivity index (χ2v) is 5.64. The molecule has 2 rings (SSSR count). The molecule has 0 saturated carbocycles. The quantitative estimate of drug-likeness (QED) is 0.451. The zero-order valence-electron chi connectivity index (χ0n) is 15.4. The lowest BCUT2D eigenvalue weighted by atomic mass is 9.96. The zero-order valence-corrected chi connectivity index (χ0v) is 15.4. The van der Waals surface area contributed by atoms with Crippen LogP contribution >= 0.6 is 0 Å². The Hall–Kier alpha value is -3.42. The molecule has 1 amide bonds. The number of benzene rings is 2. The van der Waals surface area contributed by atoms with Crippen LogP contribution < -0.4 is 32.0 Å². The molecule has 0 saturated heterocycles. The molecule has 0 unspecified atom stereocenters. The number of carbonyl (C=O) groups is 1. The molecule has 2 aromatic rings. The lowest BCUT2D eigenvalue weighted by molar-refractivity contribution is -0.117. The fourth-order valence-electron chi connectivity index (χ4n) is 2.63. The maximum Gasteiger partial charge on any atom is 0.269 e. The number of rotatable bonds is 6. The lowest BCUT2D eigenvalue weighted by Gasteiger charge is -2.17. The van der Waals surface area contributed by atoms with Crippen LogP contribution in [0.15, 0.2) is 36.0 Å². The molecule has 0 spiro atoms. The average Bonchev–Trinajstić information content (AvgIpc) is 2.67. The van der Waals surface area contributed by atoms with Crippen LogP contribution in [0, 0.1) is 5.82 Å². The molecule has 7 nitrogen and oxygen atoms in total. The summed E-state index contributed by atoms with van der Waals surface area (Å²) in [7, 11) is 2.96. The monoisotopic (exact) mass is 374 g/mol. The Kier molecular flexibility index (Phi) is 6.12. The van der Waals surface area contributed by atoms with Crippen molar-refractivity contribution in [2.24, 2.45) is 11.5 Å². The van der Waals surface area contributed by atoms with Crippen molar-refractivity contribution in [1.29, 1.82) is 0 Å². The highest BCUT2D eigenvalue weighted by atomic mass is 19.1. The topological polar surface area (TPSA) is 126 Å². The molecule has 0 aliphatic rings. The number of hydrogen-bond donors (Lipinski definition) is 4. The predicted octanol–water partition coefficient (Wildman–Crippen LogP) is 1.81. The highest BCUT2D eigenvalue weighted by Crippen LogP contribution is 2.40. The maximum atomic E-state index is 14.7. The summed E-state index contributed by atoms with van der Waals surface area (Å²) in [5.74, 6) is -0.204. The summed E-state index contributed by atoms with van der Waals surface area (Å²) in [6.07, 6.45) is 0. The van der Waals surface area contributed by atoms with E-state index in [4.69, 9.17) is 26.7 Å². The molecule has 0 bridgehead atoms. The highest BCUT2D eigenvalue weighted by Gasteiger charge is 2.20. The molecule has 0 atom stereocenters. The van der Waals surface area contributed by atoms with Crippen LogP contribution in [0.3, 0.4) is 0 Å². The summed E-state index contributed by atoms with van der Waals surface area (Å²) in [5.41, 5.74) is 18.6. The average molecular weight is 374 g/mol. The molecule has 2 aromatic carbocycles. The van der Waals surface area contributed by atoms with Gasteiger partial charge < -0.3 is 32.0 Å². The van der Waals surface area contributed by atoms with Crippen molar-refractivity contribution in [2.75, 3.05) is 26.5 Å². The van der Waals surface area contributed by atoms with Gasteiger partial charge in [-0.25, -0.2) is 4.39 Å². The molecule has 0 aliphatic heterocycles. The van der Waals surface area contributed by atoms with E-state index in [9.17, 15) is 9.18 Å². The number of amides is 1. The third kappa shape index (κ3) is 3.89. The Morgan fingerprint density at radius 2 is 1.85 bits per heavy atom. The van der Waals surface area contributed by atoms with Crippen LogP contribution in [-0.4, -0.2) is 26.7 Å².